The summed E-state index contributed by atoms with van der Waals surface area (Å²) in [5.74, 6) is -0.803. The number of unbranched alkanes of at least 4 members (excludes halogenated alkanes) is 1. The minimum absolute atomic E-state index is 0.00165. The number of hydrogen-bond acceptors (Lipinski definition) is 6. The predicted molar refractivity (Wildman–Crippen MR) is 152 cm³/mol. The molecule has 0 unspecified atom stereocenters. The molecule has 2 aliphatic heterocycles. The number of rotatable bonds is 10. The van der Waals surface area contributed by atoms with Gasteiger partial charge in [-0.25, -0.2) is 4.39 Å². The number of carbonyl (C=O) groups excluding carboxylic acids is 1. The Kier molecular flexibility index (Phi) is 8.44. The molecule has 3 aromatic rings. The van der Waals surface area contributed by atoms with Gasteiger partial charge in [-0.3, -0.25) is 14.5 Å². The lowest BCUT2D eigenvalue weighted by atomic mass is 9.82. The van der Waals surface area contributed by atoms with Gasteiger partial charge in [-0.2, -0.15) is 0 Å². The number of aliphatic carboxylic acids is 1. The third-order valence-electron chi connectivity index (χ3n) is 7.99. The number of fused-ring (bicyclic) bond motifs is 1. The van der Waals surface area contributed by atoms with E-state index in [2.05, 4.69) is 0 Å². The number of likely N-dealkylation sites (tertiary alicyclic amines) is 1. The number of ether oxygens (including phenoxy) is 3. The second kappa shape index (κ2) is 12.2. The van der Waals surface area contributed by atoms with Crippen molar-refractivity contribution in [2.75, 3.05) is 38.4 Å². The minimum atomic E-state index is -0.944. The number of amides is 1. The van der Waals surface area contributed by atoms with Crippen LogP contribution in [-0.2, 0) is 9.59 Å². The van der Waals surface area contributed by atoms with Gasteiger partial charge in [0.05, 0.1) is 19.6 Å². The number of aryl methyl sites for hydroxylation is 1. The van der Waals surface area contributed by atoms with Gasteiger partial charge in [-0.05, 0) is 72.5 Å². The molecule has 9 heteroatoms. The number of nitrogens with zero attached hydrogens (tertiary/aromatic N) is 2. The number of methoxy groups -OCH3 is 1. The largest absolute Gasteiger partial charge is 0.497 e. The van der Waals surface area contributed by atoms with E-state index in [-0.39, 0.29) is 25.1 Å². The monoisotopic (exact) mass is 562 g/mol. The van der Waals surface area contributed by atoms with Crippen LogP contribution in [-0.4, -0.2) is 55.4 Å². The van der Waals surface area contributed by atoms with Crippen LogP contribution in [0.15, 0.2) is 60.7 Å². The second-order valence-electron chi connectivity index (χ2n) is 10.6. The molecule has 1 amide bonds. The van der Waals surface area contributed by atoms with Crippen molar-refractivity contribution in [1.82, 2.24) is 4.90 Å². The molecule has 3 atom stereocenters. The standard InChI is InChI=1S/C32H35FN2O6/c1-4-5-14-35(23-9-12-26(33)20(2)15-23)29(36)18-34-17-25(22-8-13-27-28(16-22)41-19-40-27)30(32(37)38)31(34)21-6-10-24(39-3)11-7-21/h6-13,15-16,25,30-31H,4-5,14,17-19H2,1-3H3,(H,37,38)/t25-,30+,31-/m1/s1. The number of carbonyl (C=O) groups is 2. The lowest BCUT2D eigenvalue weighted by molar-refractivity contribution is -0.143. The Bertz CT molecular complexity index is 1410. The number of carboxylic acid groups (broad SMARTS) is 1. The fraction of sp³-hybridized carbons (Fsp3) is 0.375. The maximum absolute atomic E-state index is 14.0. The molecule has 216 valence electrons. The maximum Gasteiger partial charge on any atom is 0.309 e. The van der Waals surface area contributed by atoms with Gasteiger partial charge in [-0.15, -0.1) is 0 Å². The van der Waals surface area contributed by atoms with Crippen LogP contribution in [0.4, 0.5) is 10.1 Å². The average Bonchev–Trinajstić information content (AvgIpc) is 3.59. The first-order valence-electron chi connectivity index (χ1n) is 13.9. The van der Waals surface area contributed by atoms with Crippen molar-refractivity contribution in [2.45, 2.75) is 38.6 Å². The Labute approximate surface area is 239 Å². The van der Waals surface area contributed by atoms with E-state index in [0.717, 1.165) is 24.0 Å². The summed E-state index contributed by atoms with van der Waals surface area (Å²) in [7, 11) is 1.58. The summed E-state index contributed by atoms with van der Waals surface area (Å²) in [6.45, 7) is 4.68. The summed E-state index contributed by atoms with van der Waals surface area (Å²) in [5, 5.41) is 10.5. The molecule has 0 aromatic heterocycles. The van der Waals surface area contributed by atoms with Crippen molar-refractivity contribution in [2.24, 2.45) is 5.92 Å². The molecule has 1 N–H and O–H groups in total. The van der Waals surface area contributed by atoms with Crippen molar-refractivity contribution in [3.63, 3.8) is 0 Å². The highest BCUT2D eigenvalue weighted by Crippen LogP contribution is 2.48. The smallest absolute Gasteiger partial charge is 0.309 e. The molecule has 0 saturated carbocycles. The summed E-state index contributed by atoms with van der Waals surface area (Å²) >= 11 is 0. The van der Waals surface area contributed by atoms with Crippen molar-refractivity contribution >= 4 is 17.6 Å². The number of carboxylic acids is 1. The number of benzene rings is 3. The summed E-state index contributed by atoms with van der Waals surface area (Å²) in [5.41, 5.74) is 2.69. The zero-order valence-corrected chi connectivity index (χ0v) is 23.5. The molecule has 2 heterocycles. The molecule has 0 spiro atoms. The van der Waals surface area contributed by atoms with Crippen LogP contribution in [0.3, 0.4) is 0 Å². The molecular formula is C32H35FN2O6. The van der Waals surface area contributed by atoms with E-state index >= 15 is 0 Å². The molecule has 1 saturated heterocycles. The highest BCUT2D eigenvalue weighted by molar-refractivity contribution is 5.95. The van der Waals surface area contributed by atoms with E-state index in [1.165, 1.54) is 6.07 Å². The van der Waals surface area contributed by atoms with Gasteiger partial charge in [0, 0.05) is 30.7 Å². The van der Waals surface area contributed by atoms with Crippen LogP contribution >= 0.6 is 0 Å². The van der Waals surface area contributed by atoms with Crippen LogP contribution in [0, 0.1) is 18.7 Å². The fourth-order valence-electron chi connectivity index (χ4n) is 5.84. The quantitative estimate of drug-likeness (QED) is 0.347. The Morgan fingerprint density at radius 3 is 2.46 bits per heavy atom. The van der Waals surface area contributed by atoms with E-state index in [4.69, 9.17) is 14.2 Å². The molecule has 0 radical (unpaired) electrons. The third-order valence-corrected chi connectivity index (χ3v) is 7.99. The molecule has 0 bridgehead atoms. The van der Waals surface area contributed by atoms with E-state index in [1.54, 1.807) is 49.3 Å². The zero-order chi connectivity index (χ0) is 29.1. The van der Waals surface area contributed by atoms with Gasteiger partial charge in [-0.1, -0.05) is 31.5 Å². The highest BCUT2D eigenvalue weighted by Gasteiger charge is 2.48. The fourth-order valence-corrected chi connectivity index (χ4v) is 5.84. The van der Waals surface area contributed by atoms with Crippen molar-refractivity contribution in [1.29, 1.82) is 0 Å². The van der Waals surface area contributed by atoms with Crippen molar-refractivity contribution < 1.29 is 33.3 Å². The van der Waals surface area contributed by atoms with E-state index in [0.29, 0.717) is 41.6 Å². The van der Waals surface area contributed by atoms with Crippen molar-refractivity contribution in [3.05, 3.63) is 83.2 Å². The predicted octanol–water partition coefficient (Wildman–Crippen LogP) is 5.55. The molecule has 8 nitrogen and oxygen atoms in total. The molecule has 2 aliphatic rings. The molecule has 0 aliphatic carbocycles. The van der Waals surface area contributed by atoms with E-state index in [1.807, 2.05) is 36.1 Å². The first-order chi connectivity index (χ1) is 19.8. The molecular weight excluding hydrogens is 527 g/mol. The van der Waals surface area contributed by atoms with Crippen LogP contribution < -0.4 is 19.1 Å². The SMILES string of the molecule is CCCCN(C(=O)CN1C[C@H](c2ccc3c(c2)OCO3)[C@H](C(=O)O)[C@H]1c1ccc(OC)cc1)c1ccc(F)c(C)c1. The number of anilines is 1. The highest BCUT2D eigenvalue weighted by atomic mass is 19.1. The van der Waals surface area contributed by atoms with Crippen LogP contribution in [0.2, 0.25) is 0 Å². The van der Waals surface area contributed by atoms with Crippen molar-refractivity contribution in [3.8, 4) is 17.2 Å². The van der Waals surface area contributed by atoms with Gasteiger partial charge in [0.2, 0.25) is 12.7 Å². The summed E-state index contributed by atoms with van der Waals surface area (Å²) in [6, 6.07) is 17.0. The van der Waals surface area contributed by atoms with Gasteiger partial charge in [0.1, 0.15) is 11.6 Å². The van der Waals surface area contributed by atoms with Crippen LogP contribution in [0.5, 0.6) is 17.2 Å². The Morgan fingerprint density at radius 2 is 1.78 bits per heavy atom. The average molecular weight is 563 g/mol. The minimum Gasteiger partial charge on any atom is -0.497 e. The van der Waals surface area contributed by atoms with E-state index in [9.17, 15) is 19.1 Å². The second-order valence-corrected chi connectivity index (χ2v) is 10.6. The lowest BCUT2D eigenvalue weighted by Crippen LogP contribution is -2.41. The Hall–Kier alpha value is -4.11. The van der Waals surface area contributed by atoms with Gasteiger partial charge >= 0.3 is 5.97 Å². The summed E-state index contributed by atoms with van der Waals surface area (Å²) < 4.78 is 30.4. The number of halogens is 1. The maximum atomic E-state index is 14.0. The summed E-state index contributed by atoms with van der Waals surface area (Å²) in [6.07, 6.45) is 1.66. The normalized spacial score (nSPS) is 19.8. The Balaban J connectivity index is 1.51. The van der Waals surface area contributed by atoms with Gasteiger partial charge < -0.3 is 24.2 Å². The molecule has 3 aromatic carbocycles. The first kappa shape index (κ1) is 28.4. The van der Waals surface area contributed by atoms with Gasteiger partial charge in [0.15, 0.2) is 11.5 Å². The van der Waals surface area contributed by atoms with E-state index < -0.39 is 23.8 Å². The molecule has 5 rings (SSSR count). The zero-order valence-electron chi connectivity index (χ0n) is 23.5. The third kappa shape index (κ3) is 5.86. The van der Waals surface area contributed by atoms with Gasteiger partial charge in [0.25, 0.3) is 0 Å². The lowest BCUT2D eigenvalue weighted by Gasteiger charge is -2.30. The summed E-state index contributed by atoms with van der Waals surface area (Å²) in [4.78, 5) is 30.5. The van der Waals surface area contributed by atoms with Crippen LogP contribution in [0.25, 0.3) is 0 Å². The van der Waals surface area contributed by atoms with Crippen LogP contribution in [0.1, 0.15) is 48.4 Å². The first-order valence-corrected chi connectivity index (χ1v) is 13.9. The Morgan fingerprint density at radius 1 is 1.05 bits per heavy atom. The molecule has 41 heavy (non-hydrogen) atoms. The number of hydrogen-bond donors (Lipinski definition) is 1. The molecule has 1 fully saturated rings. The topological polar surface area (TPSA) is 88.5 Å².